The number of hydrogen-bond acceptors (Lipinski definition) is 5. The fourth-order valence-electron chi connectivity index (χ4n) is 1.97. The molecule has 1 heterocycles. The summed E-state index contributed by atoms with van der Waals surface area (Å²) >= 11 is 0. The minimum Gasteiger partial charge on any atom is -0.368 e. The van der Waals surface area contributed by atoms with Crippen LogP contribution in [-0.4, -0.2) is 16.7 Å². The monoisotopic (exact) mass is 259 g/mol. The van der Waals surface area contributed by atoms with Crippen molar-refractivity contribution in [3.05, 3.63) is 24.4 Å². The van der Waals surface area contributed by atoms with Gasteiger partial charge in [0.05, 0.1) is 12.1 Å². The van der Waals surface area contributed by atoms with Crippen molar-refractivity contribution in [3.8, 4) is 0 Å². The summed E-state index contributed by atoms with van der Waals surface area (Å²) in [6.07, 6.45) is 5.80. The van der Waals surface area contributed by atoms with E-state index >= 15 is 0 Å². The minimum atomic E-state index is -0.389. The van der Waals surface area contributed by atoms with E-state index in [-0.39, 0.29) is 17.9 Å². The van der Waals surface area contributed by atoms with Crippen LogP contribution < -0.4 is 5.73 Å². The molecule has 1 aromatic rings. The molecule has 1 aliphatic carbocycles. The molecule has 0 unspecified atom stereocenters. The Morgan fingerprint density at radius 1 is 1.47 bits per heavy atom. The van der Waals surface area contributed by atoms with Gasteiger partial charge in [-0.05, 0) is 12.8 Å². The summed E-state index contributed by atoms with van der Waals surface area (Å²) in [6, 6.07) is 0. The largest absolute Gasteiger partial charge is 0.368 e. The molecule has 0 aliphatic heterocycles. The standard InChI is InChI=1S/C11H17N3O2.ClH/c1-2-7-15-8-9-13-10(14-16-9)11(12)5-3-4-6-11;/h2H,1,3-8,12H2;1H. The van der Waals surface area contributed by atoms with Crippen LogP contribution in [-0.2, 0) is 16.9 Å². The second-order valence-corrected chi connectivity index (χ2v) is 4.18. The number of halogens is 1. The maximum Gasteiger partial charge on any atom is 0.252 e. The third-order valence-corrected chi connectivity index (χ3v) is 2.87. The fourth-order valence-corrected chi connectivity index (χ4v) is 1.97. The number of nitrogens with zero attached hydrogens (tertiary/aromatic N) is 2. The Balaban J connectivity index is 0.00000144. The Bertz CT molecular complexity index is 361. The van der Waals surface area contributed by atoms with Gasteiger partial charge >= 0.3 is 0 Å². The molecule has 1 aromatic heterocycles. The van der Waals surface area contributed by atoms with Gasteiger partial charge in [0, 0.05) is 0 Å². The van der Waals surface area contributed by atoms with Crippen LogP contribution in [0, 0.1) is 0 Å². The summed E-state index contributed by atoms with van der Waals surface area (Å²) in [4.78, 5) is 4.27. The van der Waals surface area contributed by atoms with Gasteiger partial charge in [-0.25, -0.2) is 0 Å². The summed E-state index contributed by atoms with van der Waals surface area (Å²) in [6.45, 7) is 4.35. The smallest absolute Gasteiger partial charge is 0.252 e. The summed E-state index contributed by atoms with van der Waals surface area (Å²) in [5.74, 6) is 1.09. The third kappa shape index (κ3) is 3.28. The number of aromatic nitrogens is 2. The minimum absolute atomic E-state index is 0. The number of hydrogen-bond donors (Lipinski definition) is 1. The van der Waals surface area contributed by atoms with Crippen LogP contribution in [0.2, 0.25) is 0 Å². The average molecular weight is 260 g/mol. The zero-order valence-electron chi connectivity index (χ0n) is 9.72. The highest BCUT2D eigenvalue weighted by atomic mass is 35.5. The lowest BCUT2D eigenvalue weighted by Crippen LogP contribution is -2.34. The van der Waals surface area contributed by atoms with E-state index in [1.807, 2.05) is 0 Å². The highest BCUT2D eigenvalue weighted by Crippen LogP contribution is 2.34. The maximum atomic E-state index is 6.21. The van der Waals surface area contributed by atoms with E-state index < -0.39 is 0 Å². The van der Waals surface area contributed by atoms with Gasteiger partial charge in [0.1, 0.15) is 6.61 Å². The molecule has 5 nitrogen and oxygen atoms in total. The highest BCUT2D eigenvalue weighted by Gasteiger charge is 2.35. The average Bonchev–Trinajstić information content (AvgIpc) is 2.88. The number of ether oxygens (including phenoxy) is 1. The lowest BCUT2D eigenvalue weighted by Gasteiger charge is -2.17. The Hall–Kier alpha value is -0.910. The normalized spacial score (nSPS) is 17.7. The zero-order valence-corrected chi connectivity index (χ0v) is 10.5. The van der Waals surface area contributed by atoms with Crippen molar-refractivity contribution >= 4 is 12.4 Å². The zero-order chi connectivity index (χ0) is 11.4. The van der Waals surface area contributed by atoms with Crippen LogP contribution in [0.5, 0.6) is 0 Å². The summed E-state index contributed by atoms with van der Waals surface area (Å²) in [7, 11) is 0. The molecule has 2 rings (SSSR count). The lowest BCUT2D eigenvalue weighted by atomic mass is 9.99. The van der Waals surface area contributed by atoms with Crippen molar-refractivity contribution in [2.75, 3.05) is 6.61 Å². The molecular formula is C11H18ClN3O2. The molecular weight excluding hydrogens is 242 g/mol. The van der Waals surface area contributed by atoms with Crippen LogP contribution >= 0.6 is 12.4 Å². The number of nitrogens with two attached hydrogens (primary N) is 1. The van der Waals surface area contributed by atoms with Crippen LogP contribution in [0.3, 0.4) is 0 Å². The van der Waals surface area contributed by atoms with E-state index in [2.05, 4.69) is 16.7 Å². The van der Waals surface area contributed by atoms with Crippen molar-refractivity contribution in [3.63, 3.8) is 0 Å². The number of rotatable bonds is 5. The first-order valence-corrected chi connectivity index (χ1v) is 5.55. The van der Waals surface area contributed by atoms with Gasteiger partial charge in [-0.3, -0.25) is 0 Å². The quantitative estimate of drug-likeness (QED) is 0.646. The van der Waals surface area contributed by atoms with Gasteiger partial charge < -0.3 is 15.0 Å². The molecule has 6 heteroatoms. The molecule has 0 saturated heterocycles. The molecule has 17 heavy (non-hydrogen) atoms. The Labute approximate surface area is 107 Å². The van der Waals surface area contributed by atoms with E-state index in [9.17, 15) is 0 Å². The van der Waals surface area contributed by atoms with Crippen molar-refractivity contribution in [1.82, 2.24) is 10.1 Å². The molecule has 1 aliphatic rings. The first-order chi connectivity index (χ1) is 7.74. The Kier molecular flexibility index (Phi) is 5.11. The van der Waals surface area contributed by atoms with Crippen molar-refractivity contribution < 1.29 is 9.26 Å². The fraction of sp³-hybridized carbons (Fsp3) is 0.636. The van der Waals surface area contributed by atoms with Gasteiger partial charge in [-0.1, -0.05) is 24.1 Å². The molecule has 0 atom stereocenters. The van der Waals surface area contributed by atoms with E-state index in [1.54, 1.807) is 6.08 Å². The van der Waals surface area contributed by atoms with E-state index in [4.69, 9.17) is 15.0 Å². The molecule has 0 aromatic carbocycles. The van der Waals surface area contributed by atoms with Crippen molar-refractivity contribution in [2.45, 2.75) is 37.8 Å². The molecule has 96 valence electrons. The predicted molar refractivity (Wildman–Crippen MR) is 65.7 cm³/mol. The van der Waals surface area contributed by atoms with Crippen LogP contribution in [0.25, 0.3) is 0 Å². The lowest BCUT2D eigenvalue weighted by molar-refractivity contribution is 0.121. The van der Waals surface area contributed by atoms with Gasteiger partial charge in [0.15, 0.2) is 5.82 Å². The SMILES string of the molecule is C=CCOCc1nc(C2(N)CCCC2)no1.Cl. The molecule has 0 bridgehead atoms. The van der Waals surface area contributed by atoms with Crippen LogP contribution in [0.15, 0.2) is 17.2 Å². The van der Waals surface area contributed by atoms with Gasteiger partial charge in [0.2, 0.25) is 0 Å². The molecule has 0 amide bonds. The van der Waals surface area contributed by atoms with E-state index in [0.717, 1.165) is 25.7 Å². The van der Waals surface area contributed by atoms with Crippen molar-refractivity contribution in [2.24, 2.45) is 5.73 Å². The Morgan fingerprint density at radius 2 is 2.18 bits per heavy atom. The van der Waals surface area contributed by atoms with Gasteiger partial charge in [0.25, 0.3) is 5.89 Å². The Morgan fingerprint density at radius 3 is 2.82 bits per heavy atom. The molecule has 0 radical (unpaired) electrons. The third-order valence-electron chi connectivity index (χ3n) is 2.87. The molecule has 2 N–H and O–H groups in total. The van der Waals surface area contributed by atoms with E-state index in [0.29, 0.717) is 24.9 Å². The molecule has 0 spiro atoms. The van der Waals surface area contributed by atoms with Gasteiger partial charge in [-0.2, -0.15) is 4.98 Å². The maximum absolute atomic E-state index is 6.21. The predicted octanol–water partition coefficient (Wildman–Crippen LogP) is 1.92. The van der Waals surface area contributed by atoms with Crippen molar-refractivity contribution in [1.29, 1.82) is 0 Å². The second-order valence-electron chi connectivity index (χ2n) is 4.18. The summed E-state index contributed by atoms with van der Waals surface area (Å²) in [5.41, 5.74) is 5.82. The molecule has 1 saturated carbocycles. The topological polar surface area (TPSA) is 74.2 Å². The van der Waals surface area contributed by atoms with Crippen LogP contribution in [0.4, 0.5) is 0 Å². The summed E-state index contributed by atoms with van der Waals surface area (Å²) < 4.78 is 10.3. The first-order valence-electron chi connectivity index (χ1n) is 5.55. The molecule has 1 fully saturated rings. The second kappa shape index (κ2) is 6.14. The van der Waals surface area contributed by atoms with Gasteiger partial charge in [-0.15, -0.1) is 19.0 Å². The highest BCUT2D eigenvalue weighted by molar-refractivity contribution is 5.85. The summed E-state index contributed by atoms with van der Waals surface area (Å²) in [5, 5.41) is 3.93. The van der Waals surface area contributed by atoms with E-state index in [1.165, 1.54) is 0 Å². The first kappa shape index (κ1) is 14.2. The van der Waals surface area contributed by atoms with Crippen LogP contribution in [0.1, 0.15) is 37.4 Å².